The molecule has 0 aromatic heterocycles. The topological polar surface area (TPSA) is 76.7 Å². The number of rotatable bonds is 8. The van der Waals surface area contributed by atoms with Gasteiger partial charge in [-0.25, -0.2) is 4.79 Å². The molecule has 0 heterocycles. The lowest BCUT2D eigenvalue weighted by molar-refractivity contribution is 0.0486. The molecule has 6 nitrogen and oxygen atoms in total. The molecule has 6 heteroatoms. The van der Waals surface area contributed by atoms with Crippen molar-refractivity contribution in [1.29, 1.82) is 0 Å². The Bertz CT molecular complexity index is 1520. The van der Waals surface area contributed by atoms with E-state index >= 15 is 0 Å². The van der Waals surface area contributed by atoms with E-state index in [1.807, 2.05) is 82.3 Å². The molecule has 1 fully saturated rings. The second-order valence-corrected chi connectivity index (χ2v) is 11.5. The van der Waals surface area contributed by atoms with E-state index in [-0.39, 0.29) is 18.1 Å². The highest BCUT2D eigenvalue weighted by Gasteiger charge is 2.46. The van der Waals surface area contributed by atoms with E-state index in [1.165, 1.54) is 10.8 Å². The SMILES string of the molecule is Cc1ccc(OCC(NC(=O)OC(C)(C)C)c2ccccc2)cc1C(=O)NC1(c2cccc3ccccc23)CC1. The first-order chi connectivity index (χ1) is 19.1. The summed E-state index contributed by atoms with van der Waals surface area (Å²) in [6.07, 6.45) is 1.28. The highest BCUT2D eigenvalue weighted by Crippen LogP contribution is 2.48. The maximum atomic E-state index is 13.6. The van der Waals surface area contributed by atoms with E-state index in [2.05, 4.69) is 41.0 Å². The Kier molecular flexibility index (Phi) is 7.53. The van der Waals surface area contributed by atoms with Gasteiger partial charge in [0.25, 0.3) is 5.91 Å². The van der Waals surface area contributed by atoms with E-state index < -0.39 is 17.7 Å². The van der Waals surface area contributed by atoms with Crippen LogP contribution in [0.4, 0.5) is 4.79 Å². The Morgan fingerprint density at radius 3 is 2.33 bits per heavy atom. The molecule has 5 rings (SSSR count). The van der Waals surface area contributed by atoms with Gasteiger partial charge >= 0.3 is 6.09 Å². The minimum absolute atomic E-state index is 0.125. The Balaban J connectivity index is 1.32. The van der Waals surface area contributed by atoms with Crippen molar-refractivity contribution in [2.75, 3.05) is 6.61 Å². The molecule has 0 radical (unpaired) electrons. The summed E-state index contributed by atoms with van der Waals surface area (Å²) >= 11 is 0. The summed E-state index contributed by atoms with van der Waals surface area (Å²) in [7, 11) is 0. The molecule has 2 N–H and O–H groups in total. The van der Waals surface area contributed by atoms with Crippen molar-refractivity contribution in [2.24, 2.45) is 0 Å². The van der Waals surface area contributed by atoms with Gasteiger partial charge in [-0.1, -0.05) is 78.9 Å². The van der Waals surface area contributed by atoms with Crippen LogP contribution in [0.3, 0.4) is 0 Å². The lowest BCUT2D eigenvalue weighted by Gasteiger charge is -2.24. The van der Waals surface area contributed by atoms with Gasteiger partial charge in [0.05, 0.1) is 11.6 Å². The summed E-state index contributed by atoms with van der Waals surface area (Å²) in [5, 5.41) is 8.58. The maximum absolute atomic E-state index is 13.6. The zero-order valence-electron chi connectivity index (χ0n) is 23.5. The van der Waals surface area contributed by atoms with Crippen LogP contribution in [-0.4, -0.2) is 24.2 Å². The molecule has 1 unspecified atom stereocenters. The van der Waals surface area contributed by atoms with E-state index in [4.69, 9.17) is 9.47 Å². The first-order valence-electron chi connectivity index (χ1n) is 13.7. The molecular weight excluding hydrogens is 500 g/mol. The lowest BCUT2D eigenvalue weighted by Crippen LogP contribution is -2.37. The van der Waals surface area contributed by atoms with E-state index in [0.717, 1.165) is 29.5 Å². The highest BCUT2D eigenvalue weighted by molar-refractivity contribution is 5.97. The monoisotopic (exact) mass is 536 g/mol. The van der Waals surface area contributed by atoms with Crippen molar-refractivity contribution < 1.29 is 19.1 Å². The third kappa shape index (κ3) is 6.28. The average Bonchev–Trinajstić information content (AvgIpc) is 3.71. The fourth-order valence-corrected chi connectivity index (χ4v) is 4.99. The van der Waals surface area contributed by atoms with E-state index in [9.17, 15) is 9.59 Å². The molecular formula is C34H36N2O4. The van der Waals surface area contributed by atoms with E-state index in [1.54, 1.807) is 6.07 Å². The van der Waals surface area contributed by atoms with Crippen molar-refractivity contribution in [1.82, 2.24) is 10.6 Å². The van der Waals surface area contributed by atoms with Crippen LogP contribution in [0.2, 0.25) is 0 Å². The van der Waals surface area contributed by atoms with Crippen LogP contribution < -0.4 is 15.4 Å². The second-order valence-electron chi connectivity index (χ2n) is 11.5. The summed E-state index contributed by atoms with van der Waals surface area (Å²) < 4.78 is 11.6. The summed E-state index contributed by atoms with van der Waals surface area (Å²) in [5.41, 5.74) is 2.51. The first-order valence-corrected chi connectivity index (χ1v) is 13.7. The molecule has 0 bridgehead atoms. The Labute approximate surface area is 235 Å². The van der Waals surface area contributed by atoms with Crippen LogP contribution in [-0.2, 0) is 10.3 Å². The minimum atomic E-state index is -0.615. The molecule has 2 amide bonds. The quantitative estimate of drug-likeness (QED) is 0.249. The number of aryl methyl sites for hydroxylation is 1. The van der Waals surface area contributed by atoms with Gasteiger partial charge in [0, 0.05) is 5.56 Å². The smallest absolute Gasteiger partial charge is 0.408 e. The van der Waals surface area contributed by atoms with E-state index in [0.29, 0.717) is 11.3 Å². The van der Waals surface area contributed by atoms with Gasteiger partial charge in [0.1, 0.15) is 18.0 Å². The minimum Gasteiger partial charge on any atom is -0.491 e. The lowest BCUT2D eigenvalue weighted by atomic mass is 9.96. The predicted molar refractivity (Wildman–Crippen MR) is 158 cm³/mol. The van der Waals surface area contributed by atoms with Crippen LogP contribution in [0.15, 0.2) is 91.0 Å². The fraction of sp³-hybridized carbons (Fsp3) is 0.294. The normalized spacial score (nSPS) is 14.7. The number of carbonyl (C=O) groups excluding carboxylic acids is 2. The number of carbonyl (C=O) groups is 2. The number of hydrogen-bond acceptors (Lipinski definition) is 4. The largest absolute Gasteiger partial charge is 0.491 e. The number of ether oxygens (including phenoxy) is 2. The van der Waals surface area contributed by atoms with Gasteiger partial charge in [-0.05, 0) is 80.1 Å². The molecule has 0 saturated heterocycles. The fourth-order valence-electron chi connectivity index (χ4n) is 4.99. The zero-order valence-corrected chi connectivity index (χ0v) is 23.5. The van der Waals surface area contributed by atoms with Crippen LogP contribution in [0.5, 0.6) is 5.75 Å². The summed E-state index contributed by atoms with van der Waals surface area (Å²) in [4.78, 5) is 26.1. The maximum Gasteiger partial charge on any atom is 0.408 e. The van der Waals surface area contributed by atoms with Crippen molar-refractivity contribution in [3.8, 4) is 5.75 Å². The van der Waals surface area contributed by atoms with Crippen molar-refractivity contribution in [3.05, 3.63) is 113 Å². The Morgan fingerprint density at radius 2 is 1.60 bits per heavy atom. The highest BCUT2D eigenvalue weighted by atomic mass is 16.6. The summed E-state index contributed by atoms with van der Waals surface area (Å²) in [6, 6.07) is 29.2. The molecule has 40 heavy (non-hydrogen) atoms. The average molecular weight is 537 g/mol. The van der Waals surface area contributed by atoms with Gasteiger partial charge in [0.2, 0.25) is 0 Å². The second kappa shape index (κ2) is 11.0. The number of amides is 2. The third-order valence-corrected chi connectivity index (χ3v) is 7.17. The molecule has 4 aromatic carbocycles. The predicted octanol–water partition coefficient (Wildman–Crippen LogP) is 7.21. The number of hydrogen-bond donors (Lipinski definition) is 2. The summed E-state index contributed by atoms with van der Waals surface area (Å²) in [6.45, 7) is 7.57. The Morgan fingerprint density at radius 1 is 0.900 bits per heavy atom. The standard InChI is InChI=1S/C34H36N2O4/c1-23-17-18-26(39-22-30(25-12-6-5-7-13-25)35-32(38)40-33(2,3)4)21-28(23)31(37)36-34(19-20-34)29-16-10-14-24-11-8-9-15-27(24)29/h5-18,21,30H,19-20,22H2,1-4H3,(H,35,38)(H,36,37). The number of alkyl carbamates (subject to hydrolysis) is 1. The van der Waals surface area contributed by atoms with Gasteiger partial charge in [0.15, 0.2) is 0 Å². The van der Waals surface area contributed by atoms with Crippen LogP contribution >= 0.6 is 0 Å². The molecule has 1 aliphatic carbocycles. The molecule has 1 atom stereocenters. The first kappa shape index (κ1) is 27.3. The van der Waals surface area contributed by atoms with Crippen molar-refractivity contribution in [2.45, 2.75) is 57.7 Å². The zero-order chi connectivity index (χ0) is 28.3. The van der Waals surface area contributed by atoms with Gasteiger partial charge < -0.3 is 20.1 Å². The number of benzene rings is 4. The van der Waals surface area contributed by atoms with Crippen LogP contribution in [0.25, 0.3) is 10.8 Å². The molecule has 4 aromatic rings. The molecule has 1 aliphatic rings. The van der Waals surface area contributed by atoms with Gasteiger partial charge in [-0.2, -0.15) is 0 Å². The van der Waals surface area contributed by atoms with Crippen LogP contribution in [0.1, 0.15) is 66.7 Å². The van der Waals surface area contributed by atoms with Crippen molar-refractivity contribution in [3.63, 3.8) is 0 Å². The molecule has 0 aliphatic heterocycles. The number of fused-ring (bicyclic) bond motifs is 1. The third-order valence-electron chi connectivity index (χ3n) is 7.17. The van der Waals surface area contributed by atoms with Crippen molar-refractivity contribution >= 4 is 22.8 Å². The van der Waals surface area contributed by atoms with Gasteiger partial charge in [-0.15, -0.1) is 0 Å². The van der Waals surface area contributed by atoms with Gasteiger partial charge in [-0.3, -0.25) is 4.79 Å². The number of nitrogens with one attached hydrogen (secondary N) is 2. The molecule has 0 spiro atoms. The molecule has 206 valence electrons. The molecule has 1 saturated carbocycles. The van der Waals surface area contributed by atoms with Crippen LogP contribution in [0, 0.1) is 6.92 Å². The summed E-state index contributed by atoms with van der Waals surface area (Å²) in [5.74, 6) is 0.428. The Hall–Kier alpha value is -4.32.